The summed E-state index contributed by atoms with van der Waals surface area (Å²) < 4.78 is 40.6. The van der Waals surface area contributed by atoms with E-state index >= 15 is 0 Å². The van der Waals surface area contributed by atoms with Gasteiger partial charge in [-0.15, -0.1) is 0 Å². The van der Waals surface area contributed by atoms with Crippen molar-refractivity contribution in [3.63, 3.8) is 0 Å². The number of carbonyl (C=O) groups is 1. The molecule has 0 saturated heterocycles. The van der Waals surface area contributed by atoms with Crippen LogP contribution in [0.2, 0.25) is 0 Å². The molecule has 158 valence electrons. The van der Waals surface area contributed by atoms with E-state index in [1.807, 2.05) is 6.92 Å². The Morgan fingerprint density at radius 3 is 2.81 bits per heavy atom. The summed E-state index contributed by atoms with van der Waals surface area (Å²) in [5.74, 6) is -0.309. The minimum atomic E-state index is -4.54. The predicted octanol–water partition coefficient (Wildman–Crippen LogP) is 4.27. The Morgan fingerprint density at radius 1 is 1.29 bits per heavy atom. The fraction of sp³-hybridized carbons (Fsp3) is 0.273. The molecule has 0 saturated carbocycles. The van der Waals surface area contributed by atoms with Crippen LogP contribution in [-0.2, 0) is 19.1 Å². The number of aromatic nitrogens is 3. The summed E-state index contributed by atoms with van der Waals surface area (Å²) in [7, 11) is 0. The quantitative estimate of drug-likeness (QED) is 0.677. The number of fused-ring (bicyclic) bond motifs is 1. The molecule has 1 atom stereocenters. The number of hydrogen-bond acceptors (Lipinski definition) is 4. The second-order valence-electron chi connectivity index (χ2n) is 7.30. The summed E-state index contributed by atoms with van der Waals surface area (Å²) in [4.78, 5) is 16.2. The number of aryl methyl sites for hydroxylation is 2. The van der Waals surface area contributed by atoms with Gasteiger partial charge in [0, 0.05) is 23.9 Å². The molecule has 1 aromatic carbocycles. The van der Waals surface area contributed by atoms with Gasteiger partial charge in [0.15, 0.2) is 0 Å². The number of alkyl halides is 3. The minimum absolute atomic E-state index is 0.309. The lowest BCUT2D eigenvalue weighted by Crippen LogP contribution is -2.27. The molecule has 1 N–H and O–H groups in total. The molecule has 0 bridgehead atoms. The maximum absolute atomic E-state index is 13.0. The van der Waals surface area contributed by atoms with Crippen LogP contribution in [0.5, 0.6) is 0 Å². The number of halogens is 3. The zero-order chi connectivity index (χ0) is 22.2. The SMILES string of the molecule is CCc1cc(C#N)cc(C(=O)NC2CCn3nc(-c4ccnc(C(F)(F)F)c4)cc32)c1. The van der Waals surface area contributed by atoms with Gasteiger partial charge < -0.3 is 5.32 Å². The molecule has 1 aliphatic rings. The number of nitrogens with one attached hydrogen (secondary N) is 1. The van der Waals surface area contributed by atoms with Crippen molar-refractivity contribution < 1.29 is 18.0 Å². The van der Waals surface area contributed by atoms with Crippen LogP contribution in [-0.4, -0.2) is 20.7 Å². The van der Waals surface area contributed by atoms with Crippen molar-refractivity contribution in [2.45, 2.75) is 38.5 Å². The highest BCUT2D eigenvalue weighted by atomic mass is 19.4. The van der Waals surface area contributed by atoms with E-state index in [-0.39, 0.29) is 11.9 Å². The van der Waals surface area contributed by atoms with Gasteiger partial charge in [-0.25, -0.2) is 0 Å². The van der Waals surface area contributed by atoms with E-state index in [0.29, 0.717) is 41.8 Å². The highest BCUT2D eigenvalue weighted by Gasteiger charge is 2.33. The molecule has 0 spiro atoms. The van der Waals surface area contributed by atoms with Crippen LogP contribution in [0.4, 0.5) is 13.2 Å². The first kappa shape index (κ1) is 20.6. The third-order valence-electron chi connectivity index (χ3n) is 5.24. The second kappa shape index (κ2) is 7.87. The van der Waals surface area contributed by atoms with E-state index in [1.165, 1.54) is 6.07 Å². The molecule has 3 aromatic rings. The van der Waals surface area contributed by atoms with E-state index < -0.39 is 11.9 Å². The Hall–Kier alpha value is -3.67. The van der Waals surface area contributed by atoms with Gasteiger partial charge >= 0.3 is 6.18 Å². The molecule has 0 radical (unpaired) electrons. The van der Waals surface area contributed by atoms with Gasteiger partial charge in [-0.1, -0.05) is 6.92 Å². The number of nitriles is 1. The fourth-order valence-electron chi connectivity index (χ4n) is 3.66. The lowest BCUT2D eigenvalue weighted by Gasteiger charge is -2.13. The second-order valence-corrected chi connectivity index (χ2v) is 7.30. The summed E-state index contributed by atoms with van der Waals surface area (Å²) in [5.41, 5.74) is 2.15. The Bertz CT molecular complexity index is 1190. The Labute approximate surface area is 176 Å². The number of hydrogen-bond donors (Lipinski definition) is 1. The maximum Gasteiger partial charge on any atom is 0.433 e. The number of rotatable bonds is 4. The molecule has 9 heteroatoms. The van der Waals surface area contributed by atoms with Crippen molar-refractivity contribution in [2.24, 2.45) is 0 Å². The minimum Gasteiger partial charge on any atom is -0.344 e. The lowest BCUT2D eigenvalue weighted by molar-refractivity contribution is -0.141. The summed E-state index contributed by atoms with van der Waals surface area (Å²) in [6.45, 7) is 2.48. The van der Waals surface area contributed by atoms with Crippen molar-refractivity contribution in [3.05, 3.63) is 70.7 Å². The molecular weight excluding hydrogens is 407 g/mol. The van der Waals surface area contributed by atoms with Crippen LogP contribution in [0.25, 0.3) is 11.3 Å². The van der Waals surface area contributed by atoms with E-state index in [1.54, 1.807) is 28.9 Å². The van der Waals surface area contributed by atoms with Crippen LogP contribution in [0, 0.1) is 11.3 Å². The Kier molecular flexibility index (Phi) is 5.23. The maximum atomic E-state index is 13.0. The molecule has 31 heavy (non-hydrogen) atoms. The number of pyridine rings is 1. The molecule has 3 heterocycles. The average molecular weight is 425 g/mol. The van der Waals surface area contributed by atoms with Crippen molar-refractivity contribution >= 4 is 5.91 Å². The topological polar surface area (TPSA) is 83.6 Å². The molecule has 1 aliphatic heterocycles. The van der Waals surface area contributed by atoms with Crippen LogP contribution >= 0.6 is 0 Å². The van der Waals surface area contributed by atoms with Crippen LogP contribution in [0.3, 0.4) is 0 Å². The molecule has 1 unspecified atom stereocenters. The molecule has 4 rings (SSSR count). The lowest BCUT2D eigenvalue weighted by atomic mass is 10.0. The highest BCUT2D eigenvalue weighted by Crippen LogP contribution is 2.33. The first-order chi connectivity index (χ1) is 14.8. The van der Waals surface area contributed by atoms with Crippen LogP contribution < -0.4 is 5.32 Å². The fourth-order valence-corrected chi connectivity index (χ4v) is 3.66. The van der Waals surface area contributed by atoms with Gasteiger partial charge in [0.05, 0.1) is 29.1 Å². The number of amides is 1. The first-order valence-electron chi connectivity index (χ1n) is 9.74. The summed E-state index contributed by atoms with van der Waals surface area (Å²) in [6.07, 6.45) is -2.11. The molecule has 2 aromatic heterocycles. The van der Waals surface area contributed by atoms with Crippen molar-refractivity contribution in [2.75, 3.05) is 0 Å². The number of nitrogens with zero attached hydrogens (tertiary/aromatic N) is 4. The van der Waals surface area contributed by atoms with Crippen LogP contribution in [0.1, 0.15) is 52.3 Å². The molecule has 0 fully saturated rings. The Morgan fingerprint density at radius 2 is 2.10 bits per heavy atom. The zero-order valence-corrected chi connectivity index (χ0v) is 16.6. The third kappa shape index (κ3) is 4.14. The van der Waals surface area contributed by atoms with Gasteiger partial charge in [0.2, 0.25) is 0 Å². The van der Waals surface area contributed by atoms with E-state index in [4.69, 9.17) is 0 Å². The van der Waals surface area contributed by atoms with Crippen molar-refractivity contribution in [1.29, 1.82) is 5.26 Å². The van der Waals surface area contributed by atoms with Gasteiger partial charge in [0.25, 0.3) is 5.91 Å². The number of benzene rings is 1. The molecule has 6 nitrogen and oxygen atoms in total. The number of carbonyl (C=O) groups excluding carboxylic acids is 1. The first-order valence-corrected chi connectivity index (χ1v) is 9.74. The molecule has 1 amide bonds. The monoisotopic (exact) mass is 425 g/mol. The summed E-state index contributed by atoms with van der Waals surface area (Å²) in [5, 5.41) is 16.5. The zero-order valence-electron chi connectivity index (χ0n) is 16.6. The Balaban J connectivity index is 1.57. The third-order valence-corrected chi connectivity index (χ3v) is 5.24. The smallest absolute Gasteiger partial charge is 0.344 e. The average Bonchev–Trinajstić information content (AvgIpc) is 3.34. The molecule has 0 aliphatic carbocycles. The van der Waals surface area contributed by atoms with Gasteiger partial charge in [-0.2, -0.15) is 23.5 Å². The molecular formula is C22H18F3N5O. The predicted molar refractivity (Wildman–Crippen MR) is 106 cm³/mol. The van der Waals surface area contributed by atoms with E-state index in [9.17, 15) is 23.2 Å². The van der Waals surface area contributed by atoms with Gasteiger partial charge in [0.1, 0.15) is 5.69 Å². The summed E-state index contributed by atoms with van der Waals surface area (Å²) in [6, 6.07) is 10.9. The largest absolute Gasteiger partial charge is 0.433 e. The van der Waals surface area contributed by atoms with Crippen molar-refractivity contribution in [3.8, 4) is 17.3 Å². The van der Waals surface area contributed by atoms with E-state index in [2.05, 4.69) is 21.5 Å². The normalized spacial score (nSPS) is 15.4. The van der Waals surface area contributed by atoms with Gasteiger partial charge in [-0.05, 0) is 54.8 Å². The van der Waals surface area contributed by atoms with Gasteiger partial charge in [-0.3, -0.25) is 14.5 Å². The van der Waals surface area contributed by atoms with Crippen LogP contribution in [0.15, 0.2) is 42.6 Å². The van der Waals surface area contributed by atoms with Crippen molar-refractivity contribution in [1.82, 2.24) is 20.1 Å². The standard InChI is InChI=1S/C22H18F3N5O/c1-2-13-7-14(12-26)9-16(8-13)21(31)28-17-4-6-30-19(17)11-18(29-30)15-3-5-27-20(10-15)22(23,24)25/h3,5,7-11,17H,2,4,6H2,1H3,(H,28,31). The summed E-state index contributed by atoms with van der Waals surface area (Å²) >= 11 is 0. The van der Waals surface area contributed by atoms with E-state index in [0.717, 1.165) is 23.5 Å². The highest BCUT2D eigenvalue weighted by molar-refractivity contribution is 5.95.